The summed E-state index contributed by atoms with van der Waals surface area (Å²) in [6.45, 7) is 0.0899. The molecule has 0 radical (unpaired) electrons. The Morgan fingerprint density at radius 1 is 0.909 bits per heavy atom. The van der Waals surface area contributed by atoms with Crippen molar-refractivity contribution in [3.05, 3.63) is 83.4 Å². The predicted molar refractivity (Wildman–Crippen MR) is 127 cm³/mol. The Morgan fingerprint density at radius 2 is 1.67 bits per heavy atom. The van der Waals surface area contributed by atoms with E-state index >= 15 is 0 Å². The molecule has 0 unspecified atom stereocenters. The lowest BCUT2D eigenvalue weighted by molar-refractivity contribution is -0.120. The second-order valence-electron chi connectivity index (χ2n) is 7.11. The predicted octanol–water partition coefficient (Wildman–Crippen LogP) is 3.53. The van der Waals surface area contributed by atoms with Gasteiger partial charge in [0.25, 0.3) is 10.0 Å². The smallest absolute Gasteiger partial charge is 0.261 e. The van der Waals surface area contributed by atoms with Crippen LogP contribution in [0.4, 0.5) is 11.4 Å². The lowest BCUT2D eigenvalue weighted by Gasteiger charge is -2.12. The molecule has 3 aromatic carbocycles. The van der Waals surface area contributed by atoms with E-state index in [2.05, 4.69) is 15.4 Å². The quantitative estimate of drug-likeness (QED) is 0.344. The van der Waals surface area contributed by atoms with Crippen LogP contribution in [0.25, 0.3) is 0 Å². The number of halogens is 1. The minimum atomic E-state index is -3.99. The molecule has 3 aromatic rings. The van der Waals surface area contributed by atoms with Crippen LogP contribution in [0, 0.1) is 0 Å². The maximum atomic E-state index is 12.7. The van der Waals surface area contributed by atoms with Crippen LogP contribution in [0.2, 0.25) is 5.02 Å². The van der Waals surface area contributed by atoms with Gasteiger partial charge in [-0.3, -0.25) is 14.3 Å². The summed E-state index contributed by atoms with van der Waals surface area (Å²) in [5.74, 6) is -1.02. The number of phenolic OH excluding ortho intramolecular Hbond substituents is 1. The molecule has 4 N–H and O–H groups in total. The van der Waals surface area contributed by atoms with Gasteiger partial charge in [0.2, 0.25) is 11.8 Å². The summed E-state index contributed by atoms with van der Waals surface area (Å²) < 4.78 is 27.7. The average molecular weight is 488 g/mol. The Bertz CT molecular complexity index is 1250. The van der Waals surface area contributed by atoms with Crippen molar-refractivity contribution >= 4 is 44.8 Å². The molecule has 0 aliphatic heterocycles. The van der Waals surface area contributed by atoms with Crippen LogP contribution in [0.15, 0.2) is 77.7 Å². The Kier molecular flexibility index (Phi) is 7.92. The standard InChI is InChI=1S/C23H22ClN3O5S/c24-17-7-4-8-18(14-17)27-33(31,32)19-9-10-21(28)20(15-19)26-22(29)11-12-25-23(30)13-16-5-2-1-3-6-16/h1-10,14-15,27-28H,11-13H2,(H,25,30)(H,26,29). The first-order valence-corrected chi connectivity index (χ1v) is 11.8. The van der Waals surface area contributed by atoms with Crippen LogP contribution < -0.4 is 15.4 Å². The summed E-state index contributed by atoms with van der Waals surface area (Å²) in [4.78, 5) is 24.0. The third-order valence-corrected chi connectivity index (χ3v) is 6.13. The summed E-state index contributed by atoms with van der Waals surface area (Å²) in [7, 11) is -3.99. The molecule has 0 fully saturated rings. The number of aromatic hydroxyl groups is 1. The summed E-state index contributed by atoms with van der Waals surface area (Å²) >= 11 is 5.88. The zero-order chi connectivity index (χ0) is 23.8. The fraction of sp³-hybridized carbons (Fsp3) is 0.130. The number of benzene rings is 3. The molecule has 0 atom stereocenters. The van der Waals surface area contributed by atoms with E-state index in [-0.39, 0.29) is 47.3 Å². The Balaban J connectivity index is 1.57. The van der Waals surface area contributed by atoms with E-state index in [4.69, 9.17) is 11.6 Å². The van der Waals surface area contributed by atoms with Crippen LogP contribution in [-0.2, 0) is 26.0 Å². The van der Waals surface area contributed by atoms with Crippen molar-refractivity contribution in [1.82, 2.24) is 5.32 Å². The van der Waals surface area contributed by atoms with E-state index in [9.17, 15) is 23.1 Å². The maximum absolute atomic E-state index is 12.7. The van der Waals surface area contributed by atoms with Gasteiger partial charge >= 0.3 is 0 Å². The van der Waals surface area contributed by atoms with Gasteiger partial charge < -0.3 is 15.7 Å². The van der Waals surface area contributed by atoms with E-state index in [0.717, 1.165) is 11.6 Å². The van der Waals surface area contributed by atoms with Gasteiger partial charge in [0.05, 0.1) is 22.7 Å². The van der Waals surface area contributed by atoms with Crippen LogP contribution in [0.3, 0.4) is 0 Å². The SMILES string of the molecule is O=C(Cc1ccccc1)NCCC(=O)Nc1cc(S(=O)(=O)Nc2cccc(Cl)c2)ccc1O. The first kappa shape index (κ1) is 24.1. The van der Waals surface area contributed by atoms with E-state index in [1.54, 1.807) is 18.2 Å². The largest absolute Gasteiger partial charge is 0.506 e. The molecule has 3 rings (SSSR count). The van der Waals surface area contributed by atoms with Gasteiger partial charge in [0.1, 0.15) is 5.75 Å². The van der Waals surface area contributed by atoms with Crippen molar-refractivity contribution in [2.24, 2.45) is 0 Å². The Labute approximate surface area is 196 Å². The number of amides is 2. The highest BCUT2D eigenvalue weighted by atomic mass is 35.5. The number of nitrogens with one attached hydrogen (secondary N) is 3. The Morgan fingerprint density at radius 3 is 2.39 bits per heavy atom. The molecule has 172 valence electrons. The molecule has 8 nitrogen and oxygen atoms in total. The molecular weight excluding hydrogens is 466 g/mol. The van der Waals surface area contributed by atoms with Crippen molar-refractivity contribution in [2.75, 3.05) is 16.6 Å². The van der Waals surface area contributed by atoms with Crippen LogP contribution in [-0.4, -0.2) is 31.9 Å². The lowest BCUT2D eigenvalue weighted by Crippen LogP contribution is -2.28. The van der Waals surface area contributed by atoms with Gasteiger partial charge in [-0.1, -0.05) is 48.0 Å². The number of hydrogen-bond donors (Lipinski definition) is 4. The second-order valence-corrected chi connectivity index (χ2v) is 9.22. The van der Waals surface area contributed by atoms with Gasteiger partial charge in [0, 0.05) is 18.0 Å². The number of sulfonamides is 1. The van der Waals surface area contributed by atoms with Gasteiger partial charge in [0.15, 0.2) is 0 Å². The van der Waals surface area contributed by atoms with Crippen molar-refractivity contribution in [3.63, 3.8) is 0 Å². The summed E-state index contributed by atoms with van der Waals surface area (Å²) in [6, 6.07) is 18.9. The Hall–Kier alpha value is -3.56. The van der Waals surface area contributed by atoms with Gasteiger partial charge in [-0.25, -0.2) is 8.42 Å². The highest BCUT2D eigenvalue weighted by Crippen LogP contribution is 2.28. The highest BCUT2D eigenvalue weighted by molar-refractivity contribution is 7.92. The topological polar surface area (TPSA) is 125 Å². The number of hydrogen-bond acceptors (Lipinski definition) is 5. The third-order valence-electron chi connectivity index (χ3n) is 4.51. The fourth-order valence-electron chi connectivity index (χ4n) is 2.92. The fourth-order valence-corrected chi connectivity index (χ4v) is 4.19. The summed E-state index contributed by atoms with van der Waals surface area (Å²) in [5, 5.41) is 15.5. The molecule has 0 heterocycles. The van der Waals surface area contributed by atoms with Gasteiger partial charge in [-0.05, 0) is 42.0 Å². The number of carbonyl (C=O) groups excluding carboxylic acids is 2. The van der Waals surface area contributed by atoms with E-state index in [1.165, 1.54) is 18.2 Å². The molecule has 0 bridgehead atoms. The normalized spacial score (nSPS) is 10.9. The van der Waals surface area contributed by atoms with E-state index < -0.39 is 15.9 Å². The van der Waals surface area contributed by atoms with Gasteiger partial charge in [-0.2, -0.15) is 0 Å². The number of carbonyl (C=O) groups is 2. The van der Waals surface area contributed by atoms with Crippen molar-refractivity contribution < 1.29 is 23.1 Å². The number of rotatable bonds is 9. The first-order valence-electron chi connectivity index (χ1n) is 9.95. The molecular formula is C23H22ClN3O5S. The zero-order valence-corrected chi connectivity index (χ0v) is 19.0. The molecule has 0 aliphatic rings. The first-order chi connectivity index (χ1) is 15.7. The number of anilines is 2. The molecule has 0 aliphatic carbocycles. The number of phenols is 1. The summed E-state index contributed by atoms with van der Waals surface area (Å²) in [6.07, 6.45) is 0.139. The van der Waals surface area contributed by atoms with Crippen LogP contribution in [0.5, 0.6) is 5.75 Å². The monoisotopic (exact) mass is 487 g/mol. The molecule has 0 saturated carbocycles. The van der Waals surface area contributed by atoms with Gasteiger partial charge in [-0.15, -0.1) is 0 Å². The van der Waals surface area contributed by atoms with Crippen molar-refractivity contribution in [3.8, 4) is 5.75 Å². The molecule has 2 amide bonds. The molecule has 0 spiro atoms. The van der Waals surface area contributed by atoms with Crippen molar-refractivity contribution in [2.45, 2.75) is 17.7 Å². The molecule has 0 aromatic heterocycles. The lowest BCUT2D eigenvalue weighted by atomic mass is 10.1. The van der Waals surface area contributed by atoms with E-state index in [0.29, 0.717) is 5.02 Å². The minimum absolute atomic E-state index is 0.0578. The molecule has 0 saturated heterocycles. The average Bonchev–Trinajstić information content (AvgIpc) is 2.75. The van der Waals surface area contributed by atoms with E-state index in [1.807, 2.05) is 30.3 Å². The van der Waals surface area contributed by atoms with Crippen LogP contribution >= 0.6 is 11.6 Å². The second kappa shape index (κ2) is 10.8. The zero-order valence-electron chi connectivity index (χ0n) is 17.4. The third kappa shape index (κ3) is 7.23. The minimum Gasteiger partial charge on any atom is -0.506 e. The highest BCUT2D eigenvalue weighted by Gasteiger charge is 2.17. The van der Waals surface area contributed by atoms with Crippen LogP contribution in [0.1, 0.15) is 12.0 Å². The maximum Gasteiger partial charge on any atom is 0.261 e. The molecule has 10 heteroatoms. The molecule has 33 heavy (non-hydrogen) atoms. The summed E-state index contributed by atoms with van der Waals surface area (Å²) in [5.41, 5.74) is 1.06. The van der Waals surface area contributed by atoms with Crippen molar-refractivity contribution in [1.29, 1.82) is 0 Å².